The molecule has 1 aliphatic heterocycles. The predicted molar refractivity (Wildman–Crippen MR) is 65.8 cm³/mol. The van der Waals surface area contributed by atoms with Crippen molar-refractivity contribution in [3.05, 3.63) is 29.6 Å². The highest BCUT2D eigenvalue weighted by molar-refractivity contribution is 5.83. The summed E-state index contributed by atoms with van der Waals surface area (Å²) in [5.41, 5.74) is 0.798. The molecule has 1 fully saturated rings. The number of amides is 1. The second-order valence-electron chi connectivity index (χ2n) is 4.48. The van der Waals surface area contributed by atoms with E-state index >= 15 is 0 Å². The molecule has 0 bridgehead atoms. The smallest absolute Gasteiger partial charge is 0.263 e. The maximum atomic E-state index is 13.4. The second kappa shape index (κ2) is 5.35. The van der Waals surface area contributed by atoms with Crippen LogP contribution in [0.5, 0.6) is 5.75 Å². The topological polar surface area (TPSA) is 41.6 Å². The Hall–Kier alpha value is -1.62. The van der Waals surface area contributed by atoms with Gasteiger partial charge in [-0.05, 0) is 24.7 Å². The molecule has 1 aromatic carbocycles. The van der Waals surface area contributed by atoms with E-state index in [0.29, 0.717) is 25.3 Å². The highest BCUT2D eigenvalue weighted by Crippen LogP contribution is 2.21. The average molecular weight is 252 g/mol. The summed E-state index contributed by atoms with van der Waals surface area (Å²) in [4.78, 5) is 13.3. The van der Waals surface area contributed by atoms with Gasteiger partial charge in [0.05, 0.1) is 0 Å². The summed E-state index contributed by atoms with van der Waals surface area (Å²) in [5, 5.41) is 2.95. The van der Waals surface area contributed by atoms with Crippen molar-refractivity contribution in [2.75, 3.05) is 20.6 Å². The van der Waals surface area contributed by atoms with E-state index < -0.39 is 6.10 Å². The molecular formula is C13H17FN2O2. The Morgan fingerprint density at radius 3 is 2.89 bits per heavy atom. The summed E-state index contributed by atoms with van der Waals surface area (Å²) in [6.07, 6.45) is 0.159. The van der Waals surface area contributed by atoms with Crippen molar-refractivity contribution in [1.82, 2.24) is 10.2 Å². The Kier molecular flexibility index (Phi) is 3.81. The lowest BCUT2D eigenvalue weighted by Crippen LogP contribution is -2.29. The van der Waals surface area contributed by atoms with Crippen LogP contribution in [0.2, 0.25) is 0 Å². The van der Waals surface area contributed by atoms with E-state index in [4.69, 9.17) is 4.74 Å². The number of nitrogens with one attached hydrogen (secondary N) is 1. The minimum atomic E-state index is -0.487. The van der Waals surface area contributed by atoms with Gasteiger partial charge in [0, 0.05) is 32.6 Å². The van der Waals surface area contributed by atoms with Crippen LogP contribution in [0.1, 0.15) is 12.0 Å². The molecule has 1 aromatic rings. The van der Waals surface area contributed by atoms with E-state index in [-0.39, 0.29) is 11.7 Å². The third-order valence-electron chi connectivity index (χ3n) is 2.97. The molecule has 0 radical (unpaired) electrons. The molecule has 1 N–H and O–H groups in total. The lowest BCUT2D eigenvalue weighted by molar-refractivity contribution is -0.132. The maximum absolute atomic E-state index is 13.4. The molecule has 0 spiro atoms. The molecule has 2 rings (SSSR count). The second-order valence-corrected chi connectivity index (χ2v) is 4.48. The quantitative estimate of drug-likeness (QED) is 0.874. The first-order chi connectivity index (χ1) is 8.60. The third kappa shape index (κ3) is 2.79. The van der Waals surface area contributed by atoms with Crippen LogP contribution < -0.4 is 10.1 Å². The number of carbonyl (C=O) groups is 1. The van der Waals surface area contributed by atoms with Gasteiger partial charge in [-0.3, -0.25) is 4.79 Å². The van der Waals surface area contributed by atoms with Crippen molar-refractivity contribution in [3.63, 3.8) is 0 Å². The zero-order chi connectivity index (χ0) is 13.1. The number of likely N-dealkylation sites (N-methyl/N-ethyl adjacent to an activating group) is 1. The van der Waals surface area contributed by atoms with Gasteiger partial charge >= 0.3 is 0 Å². The van der Waals surface area contributed by atoms with Crippen LogP contribution in [0.3, 0.4) is 0 Å². The molecule has 1 amide bonds. The fraction of sp³-hybridized carbons (Fsp3) is 0.462. The summed E-state index contributed by atoms with van der Waals surface area (Å²) in [7, 11) is 3.53. The Morgan fingerprint density at radius 1 is 1.50 bits per heavy atom. The highest BCUT2D eigenvalue weighted by Gasteiger charge is 2.30. The van der Waals surface area contributed by atoms with Crippen LogP contribution in [0.25, 0.3) is 0 Å². The maximum Gasteiger partial charge on any atom is 0.263 e. The standard InChI is InChI=1S/C13H17FN2O2/c1-15-8-9-5-10(14)7-11(6-9)18-12-3-4-16(2)13(12)17/h5-7,12,15H,3-4,8H2,1-2H3. The summed E-state index contributed by atoms with van der Waals surface area (Å²) >= 11 is 0. The van der Waals surface area contributed by atoms with E-state index in [1.54, 1.807) is 25.1 Å². The minimum Gasteiger partial charge on any atom is -0.480 e. The van der Waals surface area contributed by atoms with Crippen molar-refractivity contribution in [2.24, 2.45) is 0 Å². The first-order valence-electron chi connectivity index (χ1n) is 5.96. The van der Waals surface area contributed by atoms with Crippen LogP contribution in [0.15, 0.2) is 18.2 Å². The number of hydrogen-bond acceptors (Lipinski definition) is 3. The van der Waals surface area contributed by atoms with Gasteiger partial charge in [0.1, 0.15) is 11.6 Å². The van der Waals surface area contributed by atoms with Gasteiger partial charge in [-0.15, -0.1) is 0 Å². The number of benzene rings is 1. The zero-order valence-corrected chi connectivity index (χ0v) is 10.6. The van der Waals surface area contributed by atoms with E-state index in [0.717, 1.165) is 5.56 Å². The molecular weight excluding hydrogens is 235 g/mol. The summed E-state index contributed by atoms with van der Waals surface area (Å²) in [5.74, 6) is 0.0138. The van der Waals surface area contributed by atoms with Gasteiger partial charge < -0.3 is 15.0 Å². The van der Waals surface area contributed by atoms with Gasteiger partial charge in [0.2, 0.25) is 0 Å². The molecule has 18 heavy (non-hydrogen) atoms. The van der Waals surface area contributed by atoms with Crippen molar-refractivity contribution in [2.45, 2.75) is 19.1 Å². The first-order valence-corrected chi connectivity index (χ1v) is 5.96. The van der Waals surface area contributed by atoms with Gasteiger partial charge in [-0.2, -0.15) is 0 Å². The molecule has 1 unspecified atom stereocenters. The minimum absolute atomic E-state index is 0.0468. The molecule has 1 atom stereocenters. The summed E-state index contributed by atoms with van der Waals surface area (Å²) in [6, 6.07) is 4.52. The average Bonchev–Trinajstić information content (AvgIpc) is 2.61. The van der Waals surface area contributed by atoms with Crippen LogP contribution in [-0.2, 0) is 11.3 Å². The lowest BCUT2D eigenvalue weighted by Gasteiger charge is -2.14. The Balaban J connectivity index is 2.11. The van der Waals surface area contributed by atoms with Gasteiger partial charge in [-0.25, -0.2) is 4.39 Å². The van der Waals surface area contributed by atoms with Crippen molar-refractivity contribution in [1.29, 1.82) is 0 Å². The summed E-state index contributed by atoms with van der Waals surface area (Å²) in [6.45, 7) is 1.24. The van der Waals surface area contributed by atoms with Gasteiger partial charge in [-0.1, -0.05) is 0 Å². The largest absolute Gasteiger partial charge is 0.480 e. The number of rotatable bonds is 4. The van der Waals surface area contributed by atoms with Gasteiger partial charge in [0.25, 0.3) is 5.91 Å². The molecule has 0 aliphatic carbocycles. The van der Waals surface area contributed by atoms with Crippen LogP contribution in [0, 0.1) is 5.82 Å². The first kappa shape index (κ1) is 12.8. The highest BCUT2D eigenvalue weighted by atomic mass is 19.1. The Bertz CT molecular complexity index is 451. The normalized spacial score (nSPS) is 19.4. The number of likely N-dealkylation sites (tertiary alicyclic amines) is 1. The van der Waals surface area contributed by atoms with E-state index in [9.17, 15) is 9.18 Å². The Labute approximate surface area is 106 Å². The number of halogens is 1. The molecule has 1 aliphatic rings. The molecule has 1 saturated heterocycles. The van der Waals surface area contributed by atoms with E-state index in [1.807, 2.05) is 0 Å². The number of ether oxygens (including phenoxy) is 1. The molecule has 0 saturated carbocycles. The van der Waals surface area contributed by atoms with Crippen molar-refractivity contribution in [3.8, 4) is 5.75 Å². The summed E-state index contributed by atoms with van der Waals surface area (Å²) < 4.78 is 19.0. The van der Waals surface area contributed by atoms with E-state index in [2.05, 4.69) is 5.32 Å². The molecule has 98 valence electrons. The molecule has 0 aromatic heterocycles. The number of nitrogens with zero attached hydrogens (tertiary/aromatic N) is 1. The monoisotopic (exact) mass is 252 g/mol. The van der Waals surface area contributed by atoms with Crippen molar-refractivity contribution < 1.29 is 13.9 Å². The van der Waals surface area contributed by atoms with Crippen LogP contribution >= 0.6 is 0 Å². The molecule has 4 nitrogen and oxygen atoms in total. The van der Waals surface area contributed by atoms with Crippen LogP contribution in [-0.4, -0.2) is 37.6 Å². The SMILES string of the molecule is CNCc1cc(F)cc(OC2CCN(C)C2=O)c1. The van der Waals surface area contributed by atoms with Gasteiger partial charge in [0.15, 0.2) is 6.10 Å². The number of hydrogen-bond donors (Lipinski definition) is 1. The predicted octanol–water partition coefficient (Wildman–Crippen LogP) is 1.15. The number of carbonyl (C=O) groups excluding carboxylic acids is 1. The molecule has 1 heterocycles. The fourth-order valence-electron chi connectivity index (χ4n) is 2.06. The van der Waals surface area contributed by atoms with Crippen molar-refractivity contribution >= 4 is 5.91 Å². The lowest BCUT2D eigenvalue weighted by atomic mass is 10.2. The third-order valence-corrected chi connectivity index (χ3v) is 2.97. The fourth-order valence-corrected chi connectivity index (χ4v) is 2.06. The zero-order valence-electron chi connectivity index (χ0n) is 10.6. The molecule has 5 heteroatoms. The Morgan fingerprint density at radius 2 is 2.28 bits per heavy atom. The van der Waals surface area contributed by atoms with Crippen LogP contribution in [0.4, 0.5) is 4.39 Å². The van der Waals surface area contributed by atoms with E-state index in [1.165, 1.54) is 12.1 Å².